The molecule has 2 aliphatic carbocycles. The minimum atomic E-state index is -0.649. The van der Waals surface area contributed by atoms with E-state index in [0.717, 1.165) is 46.8 Å². The Bertz CT molecular complexity index is 1640. The normalized spacial score (nSPS) is 15.5. The van der Waals surface area contributed by atoms with Crippen molar-refractivity contribution in [2.45, 2.75) is 63.7 Å². The van der Waals surface area contributed by atoms with Crippen LogP contribution in [-0.2, 0) is 16.9 Å². The van der Waals surface area contributed by atoms with Crippen molar-refractivity contribution in [3.8, 4) is 24.2 Å². The van der Waals surface area contributed by atoms with Crippen molar-refractivity contribution in [2.75, 3.05) is 13.6 Å². The zero-order valence-electron chi connectivity index (χ0n) is 25.8. The number of amides is 2. The van der Waals surface area contributed by atoms with E-state index in [1.54, 1.807) is 41.8 Å². The molecule has 0 bridgehead atoms. The molecule has 8 nitrogen and oxygen atoms in total. The highest BCUT2D eigenvalue weighted by Crippen LogP contribution is 2.46. The Balaban J connectivity index is 0.000000392. The van der Waals surface area contributed by atoms with Gasteiger partial charge in [0.1, 0.15) is 5.82 Å². The van der Waals surface area contributed by atoms with Crippen LogP contribution in [0.3, 0.4) is 0 Å². The number of hydrogen-bond donors (Lipinski definition) is 5. The average molecular weight is 627 g/mol. The van der Waals surface area contributed by atoms with E-state index >= 15 is 0 Å². The lowest BCUT2D eigenvalue weighted by molar-refractivity contribution is -0.115. The number of nitrogens with zero attached hydrogens (tertiary/aromatic N) is 1. The maximum Gasteiger partial charge on any atom is 0.295 e. The summed E-state index contributed by atoms with van der Waals surface area (Å²) < 4.78 is 14.8. The molecular weight excluding hydrogens is 587 g/mol. The predicted octanol–water partition coefficient (Wildman–Crippen LogP) is 4.04. The van der Waals surface area contributed by atoms with Crippen LogP contribution in [0.15, 0.2) is 59.7 Å². The number of rotatable bonds is 10. The molecule has 6 N–H and O–H groups in total. The minimum absolute atomic E-state index is 0.138. The second kappa shape index (κ2) is 15.5. The Labute approximate surface area is 268 Å². The summed E-state index contributed by atoms with van der Waals surface area (Å²) in [4.78, 5) is 28.7. The third-order valence-electron chi connectivity index (χ3n) is 7.45. The first-order chi connectivity index (χ1) is 21.7. The van der Waals surface area contributed by atoms with Crippen LogP contribution < -0.4 is 27.0 Å². The summed E-state index contributed by atoms with van der Waals surface area (Å²) in [6.45, 7) is 4.73. The molecule has 5 rings (SSSR count). The van der Waals surface area contributed by atoms with Crippen molar-refractivity contribution < 1.29 is 14.0 Å². The van der Waals surface area contributed by atoms with Gasteiger partial charge in [0.15, 0.2) is 5.01 Å². The number of allylic oxidation sites excluding steroid dienone is 1. The van der Waals surface area contributed by atoms with E-state index in [0.29, 0.717) is 30.0 Å². The quantitative estimate of drug-likeness (QED) is 0.217. The third-order valence-corrected chi connectivity index (χ3v) is 8.14. The summed E-state index contributed by atoms with van der Waals surface area (Å²) in [6, 6.07) is 12.1. The Morgan fingerprint density at radius 2 is 1.98 bits per heavy atom. The van der Waals surface area contributed by atoms with Crippen LogP contribution in [0.2, 0.25) is 0 Å². The highest BCUT2D eigenvalue weighted by Gasteiger charge is 2.46. The van der Waals surface area contributed by atoms with Crippen molar-refractivity contribution in [3.05, 3.63) is 92.8 Å². The molecule has 234 valence electrons. The summed E-state index contributed by atoms with van der Waals surface area (Å²) in [7, 11) is 1.87. The number of thiazole rings is 1. The SMILES string of the molecule is C#CC(=O)NCc1ccccc1C(=O)NC1(c2cc(F)cc(/C(=C(\C)NC3CC3)C(C)N)c2)CC1.CNCC#Cc1nccs1. The number of benzene rings is 2. The summed E-state index contributed by atoms with van der Waals surface area (Å²) in [5.41, 5.74) is 9.99. The van der Waals surface area contributed by atoms with Gasteiger partial charge in [0.05, 0.1) is 12.1 Å². The van der Waals surface area contributed by atoms with Gasteiger partial charge in [0.2, 0.25) is 0 Å². The molecule has 1 unspecified atom stereocenters. The number of carbonyl (C=O) groups is 2. The van der Waals surface area contributed by atoms with Gasteiger partial charge in [-0.2, -0.15) is 0 Å². The van der Waals surface area contributed by atoms with Crippen LogP contribution in [0.4, 0.5) is 4.39 Å². The Morgan fingerprint density at radius 3 is 2.60 bits per heavy atom. The van der Waals surface area contributed by atoms with Gasteiger partial charge in [-0.1, -0.05) is 24.1 Å². The van der Waals surface area contributed by atoms with E-state index in [-0.39, 0.29) is 24.3 Å². The van der Waals surface area contributed by atoms with E-state index in [2.05, 4.69) is 38.1 Å². The van der Waals surface area contributed by atoms with Crippen molar-refractivity contribution in [1.82, 2.24) is 26.3 Å². The number of nitrogens with one attached hydrogen (secondary N) is 4. The summed E-state index contributed by atoms with van der Waals surface area (Å²) >= 11 is 1.56. The summed E-state index contributed by atoms with van der Waals surface area (Å²) in [6.07, 6.45) is 10.5. The van der Waals surface area contributed by atoms with Crippen LogP contribution in [0.25, 0.3) is 5.57 Å². The molecule has 0 saturated heterocycles. The number of terminal acetylenes is 1. The van der Waals surface area contributed by atoms with Crippen molar-refractivity contribution in [3.63, 3.8) is 0 Å². The molecule has 0 radical (unpaired) electrons. The second-order valence-electron chi connectivity index (χ2n) is 11.2. The maximum atomic E-state index is 14.8. The van der Waals surface area contributed by atoms with Gasteiger partial charge < -0.3 is 27.0 Å². The molecule has 2 aromatic carbocycles. The van der Waals surface area contributed by atoms with Gasteiger partial charge in [0.25, 0.3) is 11.8 Å². The first-order valence-corrected chi connectivity index (χ1v) is 15.8. The standard InChI is InChI=1S/C28H31FN4O2.C7H8N2S/c1-4-25(34)31-16-19-7-5-6-8-24(19)27(35)33-28(11-12-28)21-13-20(14-22(29)15-21)26(17(2)30)18(3)32-23-9-10-23;1-8-4-2-3-7-9-5-6-10-7/h1,5-8,13-15,17,23,32H,9-12,16,30H2,2-3H3,(H,31,34)(H,33,35);5-6,8H,4H2,1H3/b26-18+;. The number of hydrogen-bond acceptors (Lipinski definition) is 7. The first kappa shape index (κ1) is 33.4. The highest BCUT2D eigenvalue weighted by atomic mass is 32.1. The van der Waals surface area contributed by atoms with Gasteiger partial charge in [-0.15, -0.1) is 17.8 Å². The smallest absolute Gasteiger partial charge is 0.295 e. The van der Waals surface area contributed by atoms with Crippen LogP contribution in [-0.4, -0.2) is 42.5 Å². The largest absolute Gasteiger partial charge is 0.386 e. The fourth-order valence-corrected chi connectivity index (χ4v) is 5.47. The van der Waals surface area contributed by atoms with Crippen molar-refractivity contribution in [1.29, 1.82) is 0 Å². The molecular formula is C35H39FN6O2S. The molecule has 1 aromatic heterocycles. The van der Waals surface area contributed by atoms with E-state index in [1.807, 2.05) is 38.3 Å². The zero-order valence-corrected chi connectivity index (χ0v) is 26.6. The minimum Gasteiger partial charge on any atom is -0.386 e. The Morgan fingerprint density at radius 1 is 1.22 bits per heavy atom. The van der Waals surface area contributed by atoms with Crippen LogP contribution in [0.5, 0.6) is 0 Å². The zero-order chi connectivity index (χ0) is 32.4. The fraction of sp³-hybridized carbons (Fsp3) is 0.343. The summed E-state index contributed by atoms with van der Waals surface area (Å²) in [5.74, 6) is 6.65. The van der Waals surface area contributed by atoms with Gasteiger partial charge in [-0.3, -0.25) is 9.59 Å². The van der Waals surface area contributed by atoms with E-state index in [9.17, 15) is 14.0 Å². The molecule has 2 fully saturated rings. The lowest BCUT2D eigenvalue weighted by atomic mass is 9.93. The van der Waals surface area contributed by atoms with Crippen molar-refractivity contribution in [2.24, 2.45) is 5.73 Å². The van der Waals surface area contributed by atoms with Gasteiger partial charge in [-0.25, -0.2) is 9.37 Å². The molecule has 3 aromatic rings. The Kier molecular flexibility index (Phi) is 11.5. The number of nitrogens with two attached hydrogens (primary N) is 1. The molecule has 0 aliphatic heterocycles. The molecule has 2 amide bonds. The van der Waals surface area contributed by atoms with Crippen LogP contribution in [0.1, 0.15) is 71.6 Å². The fourth-order valence-electron chi connectivity index (χ4n) is 4.97. The van der Waals surface area contributed by atoms with Crippen LogP contribution in [0, 0.1) is 30.0 Å². The lowest BCUT2D eigenvalue weighted by Gasteiger charge is -2.23. The van der Waals surface area contributed by atoms with E-state index in [1.165, 1.54) is 12.1 Å². The molecule has 1 heterocycles. The first-order valence-electron chi connectivity index (χ1n) is 14.9. The van der Waals surface area contributed by atoms with E-state index < -0.39 is 11.4 Å². The van der Waals surface area contributed by atoms with E-state index in [4.69, 9.17) is 12.2 Å². The number of halogens is 1. The van der Waals surface area contributed by atoms with Crippen LogP contribution >= 0.6 is 11.3 Å². The second-order valence-corrected chi connectivity index (χ2v) is 12.1. The molecule has 2 aliphatic rings. The lowest BCUT2D eigenvalue weighted by Crippen LogP contribution is -2.36. The highest BCUT2D eigenvalue weighted by molar-refractivity contribution is 7.10. The molecule has 45 heavy (non-hydrogen) atoms. The molecule has 10 heteroatoms. The molecule has 1 atom stereocenters. The number of carbonyl (C=O) groups excluding carboxylic acids is 2. The van der Waals surface area contributed by atoms with Gasteiger partial charge in [0, 0.05) is 41.5 Å². The Hall–Kier alpha value is -4.48. The number of aromatic nitrogens is 1. The molecule has 0 spiro atoms. The summed E-state index contributed by atoms with van der Waals surface area (Å²) in [5, 5.41) is 14.9. The third kappa shape index (κ3) is 9.50. The predicted molar refractivity (Wildman–Crippen MR) is 177 cm³/mol. The van der Waals surface area contributed by atoms with Gasteiger partial charge >= 0.3 is 0 Å². The average Bonchev–Trinajstić information content (AvgIpc) is 3.94. The van der Waals surface area contributed by atoms with Gasteiger partial charge in [-0.05, 0) is 105 Å². The maximum absolute atomic E-state index is 14.8. The molecule has 2 saturated carbocycles. The van der Waals surface area contributed by atoms with Crippen molar-refractivity contribution >= 4 is 28.7 Å². The monoisotopic (exact) mass is 626 g/mol. The topological polar surface area (TPSA) is 121 Å².